The Labute approximate surface area is 156 Å². The second-order valence-corrected chi connectivity index (χ2v) is 8.98. The number of hydrogen-bond donors (Lipinski definition) is 1. The molecule has 5 heteroatoms. The molecule has 1 aromatic carbocycles. The van der Waals surface area contributed by atoms with Gasteiger partial charge < -0.3 is 9.84 Å². The van der Waals surface area contributed by atoms with E-state index in [4.69, 9.17) is 4.74 Å². The van der Waals surface area contributed by atoms with E-state index in [1.165, 1.54) is 4.90 Å². The average Bonchev–Trinajstić information content (AvgIpc) is 2.51. The Hall–Kier alpha value is -2.04. The highest BCUT2D eigenvalue weighted by molar-refractivity contribution is 5.85. The van der Waals surface area contributed by atoms with Crippen LogP contribution in [0.15, 0.2) is 30.3 Å². The SMILES string of the molecule is CCN(C(=O)OCc1ccccc1)C1(C(=O)O)CC(C)(C)CC(C)(C)C1. The molecular weight excluding hydrogens is 330 g/mol. The molecule has 0 heterocycles. The van der Waals surface area contributed by atoms with Crippen LogP contribution in [0.5, 0.6) is 0 Å². The molecule has 1 saturated carbocycles. The first-order valence-corrected chi connectivity index (χ1v) is 9.23. The van der Waals surface area contributed by atoms with Crippen LogP contribution in [0.2, 0.25) is 0 Å². The van der Waals surface area contributed by atoms with Crippen molar-refractivity contribution in [2.45, 2.75) is 66.0 Å². The van der Waals surface area contributed by atoms with Crippen molar-refractivity contribution < 1.29 is 19.4 Å². The van der Waals surface area contributed by atoms with Crippen LogP contribution in [0.3, 0.4) is 0 Å². The van der Waals surface area contributed by atoms with Crippen molar-refractivity contribution in [1.29, 1.82) is 0 Å². The van der Waals surface area contributed by atoms with Gasteiger partial charge in [0.05, 0.1) is 0 Å². The third-order valence-corrected chi connectivity index (χ3v) is 5.16. The van der Waals surface area contributed by atoms with Gasteiger partial charge >= 0.3 is 12.1 Å². The molecule has 1 aliphatic rings. The number of carbonyl (C=O) groups is 2. The molecule has 1 N–H and O–H groups in total. The molecule has 0 unspecified atom stereocenters. The van der Waals surface area contributed by atoms with E-state index in [0.29, 0.717) is 19.4 Å². The number of carboxylic acids is 1. The molecular formula is C21H31NO4. The van der Waals surface area contributed by atoms with E-state index < -0.39 is 17.6 Å². The van der Waals surface area contributed by atoms with Crippen molar-refractivity contribution in [3.05, 3.63) is 35.9 Å². The largest absolute Gasteiger partial charge is 0.479 e. The molecule has 0 atom stereocenters. The molecule has 0 spiro atoms. The van der Waals surface area contributed by atoms with Crippen LogP contribution >= 0.6 is 0 Å². The summed E-state index contributed by atoms with van der Waals surface area (Å²) in [6.45, 7) is 10.6. The van der Waals surface area contributed by atoms with Crippen LogP contribution < -0.4 is 0 Å². The van der Waals surface area contributed by atoms with Gasteiger partial charge in [-0.2, -0.15) is 0 Å². The molecule has 0 aliphatic heterocycles. The minimum Gasteiger partial charge on any atom is -0.479 e. The van der Waals surface area contributed by atoms with E-state index >= 15 is 0 Å². The predicted molar refractivity (Wildman–Crippen MR) is 101 cm³/mol. The topological polar surface area (TPSA) is 66.8 Å². The Morgan fingerprint density at radius 1 is 1.04 bits per heavy atom. The predicted octanol–water partition coefficient (Wildman–Crippen LogP) is 4.70. The van der Waals surface area contributed by atoms with Gasteiger partial charge in [0.2, 0.25) is 0 Å². The lowest BCUT2D eigenvalue weighted by Crippen LogP contribution is -2.63. The zero-order valence-corrected chi connectivity index (χ0v) is 16.5. The minimum absolute atomic E-state index is 0.138. The first-order valence-electron chi connectivity index (χ1n) is 9.23. The Morgan fingerprint density at radius 3 is 2.04 bits per heavy atom. The fraction of sp³-hybridized carbons (Fsp3) is 0.619. The summed E-state index contributed by atoms with van der Waals surface area (Å²) in [5.74, 6) is -0.947. The van der Waals surface area contributed by atoms with Crippen LogP contribution in [0, 0.1) is 10.8 Å². The van der Waals surface area contributed by atoms with Crippen molar-refractivity contribution >= 4 is 12.1 Å². The summed E-state index contributed by atoms with van der Waals surface area (Å²) in [6, 6.07) is 9.42. The molecule has 0 bridgehead atoms. The molecule has 144 valence electrons. The fourth-order valence-electron chi connectivity index (χ4n) is 4.93. The lowest BCUT2D eigenvalue weighted by Gasteiger charge is -2.53. The molecule has 1 amide bonds. The van der Waals surface area contributed by atoms with E-state index in [2.05, 4.69) is 27.7 Å². The van der Waals surface area contributed by atoms with E-state index in [9.17, 15) is 14.7 Å². The third kappa shape index (κ3) is 4.37. The maximum atomic E-state index is 12.8. The number of carbonyl (C=O) groups excluding carboxylic acids is 1. The number of carboxylic acid groups (broad SMARTS) is 1. The van der Waals surface area contributed by atoms with Gasteiger partial charge in [-0.3, -0.25) is 4.90 Å². The third-order valence-electron chi connectivity index (χ3n) is 5.16. The van der Waals surface area contributed by atoms with Crippen LogP contribution in [0.4, 0.5) is 4.79 Å². The minimum atomic E-state index is -1.24. The summed E-state index contributed by atoms with van der Waals surface area (Å²) in [4.78, 5) is 26.6. The highest BCUT2D eigenvalue weighted by atomic mass is 16.6. The molecule has 26 heavy (non-hydrogen) atoms. The van der Waals surface area contributed by atoms with E-state index in [1.54, 1.807) is 0 Å². The number of nitrogens with zero attached hydrogens (tertiary/aromatic N) is 1. The first-order chi connectivity index (χ1) is 12.0. The monoisotopic (exact) mass is 361 g/mol. The lowest BCUT2D eigenvalue weighted by molar-refractivity contribution is -0.160. The first kappa shape index (κ1) is 20.3. The van der Waals surface area contributed by atoms with Gasteiger partial charge in [-0.05, 0) is 42.6 Å². The quantitative estimate of drug-likeness (QED) is 0.825. The molecule has 1 aliphatic carbocycles. The average molecular weight is 361 g/mol. The summed E-state index contributed by atoms with van der Waals surface area (Å²) in [5, 5.41) is 10.1. The molecule has 0 saturated heterocycles. The number of amides is 1. The lowest BCUT2D eigenvalue weighted by atomic mass is 9.58. The Balaban J connectivity index is 2.27. The highest BCUT2D eigenvalue weighted by Crippen LogP contribution is 2.52. The van der Waals surface area contributed by atoms with Crippen LogP contribution in [0.1, 0.15) is 59.4 Å². The summed E-state index contributed by atoms with van der Waals surface area (Å²) in [7, 11) is 0. The van der Waals surface area contributed by atoms with Crippen molar-refractivity contribution in [2.24, 2.45) is 10.8 Å². The van der Waals surface area contributed by atoms with Crippen molar-refractivity contribution in [3.63, 3.8) is 0 Å². The van der Waals surface area contributed by atoms with Crippen molar-refractivity contribution in [2.75, 3.05) is 6.54 Å². The number of benzene rings is 1. The fourth-order valence-corrected chi connectivity index (χ4v) is 4.93. The van der Waals surface area contributed by atoms with E-state index in [0.717, 1.165) is 12.0 Å². The summed E-state index contributed by atoms with van der Waals surface area (Å²) < 4.78 is 5.47. The number of aliphatic carboxylic acids is 1. The van der Waals surface area contributed by atoms with Crippen LogP contribution in [-0.2, 0) is 16.1 Å². The maximum absolute atomic E-state index is 12.8. The normalized spacial score (nSPS) is 20.2. The van der Waals surface area contributed by atoms with Gasteiger partial charge in [0, 0.05) is 6.54 Å². The number of rotatable bonds is 5. The molecule has 0 radical (unpaired) electrons. The molecule has 1 fully saturated rings. The maximum Gasteiger partial charge on any atom is 0.411 e. The second kappa shape index (κ2) is 7.29. The van der Waals surface area contributed by atoms with E-state index in [-0.39, 0.29) is 17.4 Å². The van der Waals surface area contributed by atoms with Gasteiger partial charge in [0.1, 0.15) is 12.1 Å². The van der Waals surface area contributed by atoms with Gasteiger partial charge in [0.25, 0.3) is 0 Å². The summed E-state index contributed by atoms with van der Waals surface area (Å²) in [6.07, 6.45) is 1.21. The number of ether oxygens (including phenoxy) is 1. The summed E-state index contributed by atoms with van der Waals surface area (Å²) >= 11 is 0. The number of hydrogen-bond acceptors (Lipinski definition) is 3. The zero-order chi connectivity index (χ0) is 19.6. The molecule has 1 aromatic rings. The Kier molecular flexibility index (Phi) is 5.69. The number of likely N-dealkylation sites (N-methyl/N-ethyl adjacent to an activating group) is 1. The standard InChI is InChI=1S/C21H31NO4/c1-6-22(18(25)26-12-16-10-8-7-9-11-16)21(17(23)24)14-19(2,3)13-20(4,5)15-21/h7-11H,6,12-15H2,1-5H3,(H,23,24). The zero-order valence-electron chi connectivity index (χ0n) is 16.5. The van der Waals surface area contributed by atoms with Gasteiger partial charge in [-0.1, -0.05) is 58.0 Å². The van der Waals surface area contributed by atoms with Crippen LogP contribution in [0.25, 0.3) is 0 Å². The van der Waals surface area contributed by atoms with Crippen LogP contribution in [-0.4, -0.2) is 34.2 Å². The van der Waals surface area contributed by atoms with Gasteiger partial charge in [-0.15, -0.1) is 0 Å². The smallest absolute Gasteiger partial charge is 0.411 e. The Bertz CT molecular complexity index is 635. The second-order valence-electron chi connectivity index (χ2n) is 8.98. The Morgan fingerprint density at radius 2 is 1.58 bits per heavy atom. The van der Waals surface area contributed by atoms with E-state index in [1.807, 2.05) is 37.3 Å². The van der Waals surface area contributed by atoms with Crippen molar-refractivity contribution in [3.8, 4) is 0 Å². The highest BCUT2D eigenvalue weighted by Gasteiger charge is 2.56. The van der Waals surface area contributed by atoms with Crippen molar-refractivity contribution in [1.82, 2.24) is 4.90 Å². The van der Waals surface area contributed by atoms with Gasteiger partial charge in [-0.25, -0.2) is 9.59 Å². The molecule has 2 rings (SSSR count). The molecule has 5 nitrogen and oxygen atoms in total. The van der Waals surface area contributed by atoms with Gasteiger partial charge in [0.15, 0.2) is 0 Å². The summed E-state index contributed by atoms with van der Waals surface area (Å²) in [5.41, 5.74) is -0.709. The molecule has 0 aromatic heterocycles.